The average Bonchev–Trinajstić information content (AvgIpc) is 3.18. The predicted octanol–water partition coefficient (Wildman–Crippen LogP) is 6.31. The number of halogens is 2. The highest BCUT2D eigenvalue weighted by molar-refractivity contribution is 7.16. The number of aromatic nitrogens is 1. The number of para-hydroxylation sites is 1. The van der Waals surface area contributed by atoms with Gasteiger partial charge in [-0.25, -0.2) is 9.78 Å². The summed E-state index contributed by atoms with van der Waals surface area (Å²) < 4.78 is 5.94. The fourth-order valence-electron chi connectivity index (χ4n) is 3.37. The summed E-state index contributed by atoms with van der Waals surface area (Å²) >= 11 is 13.9. The lowest BCUT2D eigenvalue weighted by atomic mass is 10.0. The molecule has 0 saturated carbocycles. The zero-order valence-electron chi connectivity index (χ0n) is 17.2. The molecule has 0 saturated heterocycles. The van der Waals surface area contributed by atoms with Gasteiger partial charge in [-0.05, 0) is 43.2 Å². The van der Waals surface area contributed by atoms with Crippen molar-refractivity contribution in [2.45, 2.75) is 26.9 Å². The highest BCUT2D eigenvalue weighted by Crippen LogP contribution is 2.43. The molecule has 0 spiro atoms. The van der Waals surface area contributed by atoms with Crippen LogP contribution in [0.3, 0.4) is 0 Å². The topological polar surface area (TPSA) is 88.5 Å². The van der Waals surface area contributed by atoms with E-state index in [1.165, 1.54) is 36.5 Å². The molecule has 1 aliphatic rings. The smallest absolute Gasteiger partial charge is 0.331 e. The van der Waals surface area contributed by atoms with Crippen LogP contribution in [0, 0.1) is 0 Å². The van der Waals surface area contributed by atoms with Crippen molar-refractivity contribution in [1.82, 2.24) is 4.98 Å². The minimum Gasteiger partial charge on any atom is -0.487 e. The molecule has 1 aliphatic heterocycles. The summed E-state index contributed by atoms with van der Waals surface area (Å²) in [6.45, 7) is 3.90. The van der Waals surface area contributed by atoms with Crippen molar-refractivity contribution >= 4 is 57.6 Å². The van der Waals surface area contributed by atoms with E-state index in [0.29, 0.717) is 17.3 Å². The number of nitrogens with zero attached hydrogens (tertiary/aromatic N) is 1. The van der Waals surface area contributed by atoms with Gasteiger partial charge in [0, 0.05) is 22.3 Å². The molecule has 0 unspecified atom stereocenters. The molecule has 164 valence electrons. The first-order valence-corrected chi connectivity index (χ1v) is 11.3. The quantitative estimate of drug-likeness (QED) is 0.410. The van der Waals surface area contributed by atoms with E-state index in [1.54, 1.807) is 0 Å². The lowest BCUT2D eigenvalue weighted by Crippen LogP contribution is -2.12. The summed E-state index contributed by atoms with van der Waals surface area (Å²) in [6.07, 6.45) is 2.22. The molecule has 9 heteroatoms. The Morgan fingerprint density at radius 2 is 2.00 bits per heavy atom. The van der Waals surface area contributed by atoms with Crippen molar-refractivity contribution in [2.75, 3.05) is 5.32 Å². The van der Waals surface area contributed by atoms with Crippen LogP contribution in [0.15, 0.2) is 35.9 Å². The molecule has 3 aromatic rings. The molecule has 0 radical (unpaired) electrons. The zero-order valence-corrected chi connectivity index (χ0v) is 19.5. The number of aryl methyl sites for hydroxylation is 1. The SMILES string of the molecule is CCc1cccc2c1OCc1sc(NC(=O)c3cc(Cl)c(C=C(C)C(=O)O)c(Cl)c3)nc1-2. The van der Waals surface area contributed by atoms with E-state index in [1.807, 2.05) is 18.2 Å². The van der Waals surface area contributed by atoms with Crippen LogP contribution in [0.25, 0.3) is 17.3 Å². The maximum absolute atomic E-state index is 12.8. The minimum atomic E-state index is -1.08. The van der Waals surface area contributed by atoms with Crippen molar-refractivity contribution < 1.29 is 19.4 Å². The number of amides is 1. The van der Waals surface area contributed by atoms with Gasteiger partial charge in [-0.2, -0.15) is 0 Å². The van der Waals surface area contributed by atoms with Crippen LogP contribution >= 0.6 is 34.5 Å². The number of hydrogen-bond donors (Lipinski definition) is 2. The third kappa shape index (κ3) is 4.24. The molecular weight excluding hydrogens is 471 g/mol. The van der Waals surface area contributed by atoms with Crippen molar-refractivity contribution in [2.24, 2.45) is 0 Å². The standard InChI is InChI=1S/C23H18Cl2N2O4S/c1-3-12-5-4-6-14-19-18(10-31-20(12)14)32-23(26-19)27-21(28)13-8-16(24)15(17(25)9-13)7-11(2)22(29)30/h4-9H,3,10H2,1-2H3,(H,29,30)(H,26,27,28). The second-order valence-corrected chi connectivity index (χ2v) is 9.07. The van der Waals surface area contributed by atoms with E-state index in [2.05, 4.69) is 17.2 Å². The number of nitrogens with one attached hydrogen (secondary N) is 1. The number of benzene rings is 2. The molecule has 0 fully saturated rings. The monoisotopic (exact) mass is 488 g/mol. The number of carboxylic acids is 1. The Labute approximate surface area is 198 Å². The van der Waals surface area contributed by atoms with E-state index < -0.39 is 11.9 Å². The van der Waals surface area contributed by atoms with Gasteiger partial charge < -0.3 is 9.84 Å². The number of ether oxygens (including phenoxy) is 1. The van der Waals surface area contributed by atoms with Gasteiger partial charge in [-0.3, -0.25) is 10.1 Å². The number of carbonyl (C=O) groups is 2. The molecule has 0 bridgehead atoms. The second-order valence-electron chi connectivity index (χ2n) is 7.17. The number of carbonyl (C=O) groups excluding carboxylic acids is 1. The molecule has 4 rings (SSSR count). The first-order chi connectivity index (χ1) is 15.3. The summed E-state index contributed by atoms with van der Waals surface area (Å²) in [5.74, 6) is -0.665. The van der Waals surface area contributed by atoms with Crippen LogP contribution in [0.5, 0.6) is 5.75 Å². The normalized spacial score (nSPS) is 12.6. The Morgan fingerprint density at radius 1 is 1.28 bits per heavy atom. The Balaban J connectivity index is 1.60. The van der Waals surface area contributed by atoms with Crippen LogP contribution in [-0.2, 0) is 17.8 Å². The van der Waals surface area contributed by atoms with Crippen LogP contribution in [0.1, 0.15) is 40.2 Å². The molecule has 32 heavy (non-hydrogen) atoms. The van der Waals surface area contributed by atoms with Crippen molar-refractivity contribution in [3.8, 4) is 17.0 Å². The molecule has 2 aromatic carbocycles. The highest BCUT2D eigenvalue weighted by Gasteiger charge is 2.24. The largest absolute Gasteiger partial charge is 0.487 e. The van der Waals surface area contributed by atoms with Gasteiger partial charge in [0.05, 0.1) is 20.6 Å². The molecule has 2 heterocycles. The minimum absolute atomic E-state index is 0.0769. The lowest BCUT2D eigenvalue weighted by molar-refractivity contribution is -0.132. The highest BCUT2D eigenvalue weighted by atomic mass is 35.5. The second kappa shape index (κ2) is 8.94. The van der Waals surface area contributed by atoms with Crippen molar-refractivity contribution in [3.63, 3.8) is 0 Å². The average molecular weight is 489 g/mol. The molecule has 0 atom stereocenters. The number of anilines is 1. The Bertz CT molecular complexity index is 1260. The maximum atomic E-state index is 12.8. The Morgan fingerprint density at radius 3 is 2.66 bits per heavy atom. The van der Waals surface area contributed by atoms with E-state index in [0.717, 1.165) is 33.9 Å². The fraction of sp³-hybridized carbons (Fsp3) is 0.174. The molecule has 1 amide bonds. The van der Waals surface area contributed by atoms with Gasteiger partial charge in [0.2, 0.25) is 0 Å². The number of rotatable bonds is 5. The zero-order chi connectivity index (χ0) is 23.0. The molecule has 2 N–H and O–H groups in total. The van der Waals surface area contributed by atoms with E-state index in [-0.39, 0.29) is 21.2 Å². The van der Waals surface area contributed by atoms with Gasteiger partial charge in [0.15, 0.2) is 5.13 Å². The van der Waals surface area contributed by atoms with Crippen LogP contribution < -0.4 is 10.1 Å². The first-order valence-electron chi connectivity index (χ1n) is 9.75. The summed E-state index contributed by atoms with van der Waals surface area (Å²) in [4.78, 5) is 29.4. The Hall–Kier alpha value is -2.87. The summed E-state index contributed by atoms with van der Waals surface area (Å²) in [7, 11) is 0. The maximum Gasteiger partial charge on any atom is 0.331 e. The third-order valence-corrected chi connectivity index (χ3v) is 6.61. The number of thiazole rings is 1. The van der Waals surface area contributed by atoms with Crippen LogP contribution in [-0.4, -0.2) is 22.0 Å². The van der Waals surface area contributed by atoms with E-state index in [9.17, 15) is 9.59 Å². The van der Waals surface area contributed by atoms with Crippen molar-refractivity contribution in [3.05, 3.63) is 67.5 Å². The van der Waals surface area contributed by atoms with E-state index in [4.69, 9.17) is 33.0 Å². The molecule has 0 aliphatic carbocycles. The predicted molar refractivity (Wildman–Crippen MR) is 127 cm³/mol. The van der Waals surface area contributed by atoms with Crippen LogP contribution in [0.2, 0.25) is 10.0 Å². The molecule has 1 aromatic heterocycles. The van der Waals surface area contributed by atoms with Gasteiger partial charge in [0.1, 0.15) is 12.4 Å². The fourth-order valence-corrected chi connectivity index (χ4v) is 4.85. The van der Waals surface area contributed by atoms with Gasteiger partial charge >= 0.3 is 5.97 Å². The van der Waals surface area contributed by atoms with E-state index >= 15 is 0 Å². The van der Waals surface area contributed by atoms with Gasteiger partial charge in [-0.1, -0.05) is 53.6 Å². The molecular formula is C23H18Cl2N2O4S. The number of carboxylic acid groups (broad SMARTS) is 1. The first kappa shape index (κ1) is 22.3. The number of aliphatic carboxylic acids is 1. The third-order valence-electron chi connectivity index (χ3n) is 5.04. The number of hydrogen-bond acceptors (Lipinski definition) is 5. The lowest BCUT2D eigenvalue weighted by Gasteiger charge is -2.19. The van der Waals surface area contributed by atoms with Crippen molar-refractivity contribution in [1.29, 1.82) is 0 Å². The molecule has 6 nitrogen and oxygen atoms in total. The van der Waals surface area contributed by atoms with Gasteiger partial charge in [0.25, 0.3) is 5.91 Å². The summed E-state index contributed by atoms with van der Waals surface area (Å²) in [5, 5.41) is 12.6. The summed E-state index contributed by atoms with van der Waals surface area (Å²) in [6, 6.07) is 8.86. The van der Waals surface area contributed by atoms with Crippen LogP contribution in [0.4, 0.5) is 5.13 Å². The summed E-state index contributed by atoms with van der Waals surface area (Å²) in [5.41, 5.74) is 3.50. The number of fused-ring (bicyclic) bond motifs is 3. The Kier molecular flexibility index (Phi) is 6.24. The van der Waals surface area contributed by atoms with Gasteiger partial charge in [-0.15, -0.1) is 0 Å².